The predicted molar refractivity (Wildman–Crippen MR) is 137 cm³/mol. The van der Waals surface area contributed by atoms with Crippen LogP contribution in [0.2, 0.25) is 0 Å². The lowest BCUT2D eigenvalue weighted by Gasteiger charge is -2.43. The smallest absolute Gasteiger partial charge is 0.407 e. The van der Waals surface area contributed by atoms with Crippen LogP contribution in [0.25, 0.3) is 0 Å². The largest absolute Gasteiger partial charge is 0.467 e. The summed E-state index contributed by atoms with van der Waals surface area (Å²) in [7, 11) is 2.46. The number of benzene rings is 1. The first-order chi connectivity index (χ1) is 19.4. The highest BCUT2D eigenvalue weighted by Crippen LogP contribution is 2.34. The first kappa shape index (κ1) is 32.8. The van der Waals surface area contributed by atoms with E-state index in [2.05, 4.69) is 10.6 Å². The third-order valence-corrected chi connectivity index (χ3v) is 5.45. The van der Waals surface area contributed by atoms with Crippen LogP contribution in [-0.2, 0) is 59.0 Å². The summed E-state index contributed by atoms with van der Waals surface area (Å²) >= 11 is 0. The molecule has 0 saturated carbocycles. The number of amides is 2. The van der Waals surface area contributed by atoms with E-state index < -0.39 is 60.7 Å². The fraction of sp³-hybridized carbons (Fsp3) is 0.538. The number of ether oxygens (including phenoxy) is 7. The number of anilines is 1. The second-order valence-electron chi connectivity index (χ2n) is 8.74. The summed E-state index contributed by atoms with van der Waals surface area (Å²) in [6.07, 6.45) is -7.91. The molecule has 0 unspecified atom stereocenters. The molecule has 0 bridgehead atoms. The minimum Gasteiger partial charge on any atom is -0.467 e. The average molecular weight is 583 g/mol. The Bertz CT molecular complexity index is 1140. The summed E-state index contributed by atoms with van der Waals surface area (Å²) in [5, 5.41) is 5.01. The molecule has 2 amide bonds. The van der Waals surface area contributed by atoms with Crippen LogP contribution in [0.4, 0.5) is 10.5 Å². The Labute approximate surface area is 236 Å². The highest BCUT2D eigenvalue weighted by Gasteiger charge is 2.56. The van der Waals surface area contributed by atoms with Gasteiger partial charge in [0.2, 0.25) is 18.3 Å². The van der Waals surface area contributed by atoms with Crippen LogP contribution in [0.5, 0.6) is 5.75 Å². The van der Waals surface area contributed by atoms with Gasteiger partial charge in [0.15, 0.2) is 18.3 Å². The predicted octanol–water partition coefficient (Wildman–Crippen LogP) is 1.35. The summed E-state index contributed by atoms with van der Waals surface area (Å²) in [6, 6.07) is 4.43. The van der Waals surface area contributed by atoms with Gasteiger partial charge in [-0.3, -0.25) is 19.2 Å². The Morgan fingerprint density at radius 1 is 0.902 bits per heavy atom. The Morgan fingerprint density at radius 2 is 1.51 bits per heavy atom. The molecule has 2 N–H and O–H groups in total. The summed E-state index contributed by atoms with van der Waals surface area (Å²) in [5.41, 5.74) is 0.612. The van der Waals surface area contributed by atoms with Crippen molar-refractivity contribution in [1.82, 2.24) is 5.32 Å². The average Bonchev–Trinajstić information content (AvgIpc) is 2.90. The molecular formula is C26H34N2O13. The molecular weight excluding hydrogens is 548 g/mol. The first-order valence-corrected chi connectivity index (χ1v) is 12.6. The Balaban J connectivity index is 2.56. The molecule has 1 saturated heterocycles. The number of methoxy groups -OCH3 is 1. The van der Waals surface area contributed by atoms with E-state index in [1.165, 1.54) is 25.2 Å². The van der Waals surface area contributed by atoms with Crippen molar-refractivity contribution in [2.75, 3.05) is 19.5 Å². The number of carbonyl (C=O) groups excluding carboxylic acids is 6. The molecule has 226 valence electrons. The zero-order chi connectivity index (χ0) is 30.7. The zero-order valence-corrected chi connectivity index (χ0v) is 23.5. The zero-order valence-electron chi connectivity index (χ0n) is 23.5. The van der Waals surface area contributed by atoms with Crippen molar-refractivity contribution < 1.29 is 61.9 Å². The molecule has 15 heteroatoms. The molecule has 1 aromatic carbocycles. The molecule has 0 radical (unpaired) electrons. The third kappa shape index (κ3) is 9.63. The molecule has 41 heavy (non-hydrogen) atoms. The van der Waals surface area contributed by atoms with Gasteiger partial charge in [0, 0.05) is 34.2 Å². The highest BCUT2D eigenvalue weighted by molar-refractivity contribution is 5.92. The summed E-state index contributed by atoms with van der Waals surface area (Å²) < 4.78 is 37.5. The number of carbonyl (C=O) groups is 6. The topological polar surface area (TPSA) is 191 Å². The van der Waals surface area contributed by atoms with Crippen LogP contribution in [0.15, 0.2) is 18.2 Å². The van der Waals surface area contributed by atoms with Gasteiger partial charge in [-0.2, -0.15) is 0 Å². The molecule has 2 rings (SSSR count). The van der Waals surface area contributed by atoms with Crippen molar-refractivity contribution in [2.45, 2.75) is 77.8 Å². The maximum Gasteiger partial charge on any atom is 0.407 e. The summed E-state index contributed by atoms with van der Waals surface area (Å²) in [5.74, 6) is -3.89. The van der Waals surface area contributed by atoms with Gasteiger partial charge in [-0.1, -0.05) is 13.0 Å². The van der Waals surface area contributed by atoms with Crippen LogP contribution in [0, 0.1) is 0 Å². The molecule has 5 atom stereocenters. The first-order valence-electron chi connectivity index (χ1n) is 12.6. The maximum atomic E-state index is 12.7. The van der Waals surface area contributed by atoms with Crippen molar-refractivity contribution in [3.63, 3.8) is 0 Å². The second-order valence-corrected chi connectivity index (χ2v) is 8.74. The van der Waals surface area contributed by atoms with E-state index >= 15 is 0 Å². The molecule has 1 aliphatic rings. The normalized spacial score (nSPS) is 21.5. The lowest BCUT2D eigenvalue weighted by atomic mass is 9.97. The van der Waals surface area contributed by atoms with Crippen LogP contribution < -0.4 is 15.4 Å². The van der Waals surface area contributed by atoms with Gasteiger partial charge < -0.3 is 43.8 Å². The van der Waals surface area contributed by atoms with Crippen molar-refractivity contribution in [3.05, 3.63) is 23.8 Å². The quantitative estimate of drug-likeness (QED) is 0.281. The van der Waals surface area contributed by atoms with E-state index in [0.717, 1.165) is 27.9 Å². The van der Waals surface area contributed by atoms with Gasteiger partial charge in [-0.05, 0) is 24.1 Å². The van der Waals surface area contributed by atoms with E-state index in [1.54, 1.807) is 0 Å². The SMILES string of the molecule is CCCC(=O)Nc1cc(COC(=O)NC)ccc1O[C@H]1O[C@@H](C(=O)OC)[C@H](OC(C)=O)[C@@H](OC(C)=O)[C@@H]1OC(C)=O. The van der Waals surface area contributed by atoms with Gasteiger partial charge in [0.05, 0.1) is 12.8 Å². The molecule has 1 fully saturated rings. The summed E-state index contributed by atoms with van der Waals surface area (Å²) in [6.45, 7) is 4.87. The number of hydrogen-bond donors (Lipinski definition) is 2. The minimum atomic E-state index is -1.66. The van der Waals surface area contributed by atoms with Crippen LogP contribution in [0.1, 0.15) is 46.1 Å². The highest BCUT2D eigenvalue weighted by atomic mass is 16.7. The Hall–Kier alpha value is -4.40. The Kier molecular flexibility index (Phi) is 12.3. The van der Waals surface area contributed by atoms with Gasteiger partial charge in [0.25, 0.3) is 0 Å². The number of rotatable bonds is 11. The minimum absolute atomic E-state index is 0.00331. The number of nitrogens with one attached hydrogen (secondary N) is 2. The van der Waals surface area contributed by atoms with E-state index in [1.807, 2.05) is 6.92 Å². The van der Waals surface area contributed by atoms with Gasteiger partial charge in [-0.25, -0.2) is 9.59 Å². The molecule has 1 aromatic rings. The van der Waals surface area contributed by atoms with Crippen LogP contribution >= 0.6 is 0 Å². The Morgan fingerprint density at radius 3 is 2.07 bits per heavy atom. The second kappa shape index (κ2) is 15.4. The summed E-state index contributed by atoms with van der Waals surface area (Å²) in [4.78, 5) is 72.5. The third-order valence-electron chi connectivity index (χ3n) is 5.45. The lowest BCUT2D eigenvalue weighted by Crippen LogP contribution is -2.64. The lowest BCUT2D eigenvalue weighted by molar-refractivity contribution is -0.282. The van der Waals surface area contributed by atoms with Crippen LogP contribution in [0.3, 0.4) is 0 Å². The van der Waals surface area contributed by atoms with Gasteiger partial charge in [0.1, 0.15) is 12.4 Å². The van der Waals surface area contributed by atoms with E-state index in [0.29, 0.717) is 12.0 Å². The molecule has 1 aliphatic heterocycles. The van der Waals surface area contributed by atoms with Gasteiger partial charge >= 0.3 is 30.0 Å². The van der Waals surface area contributed by atoms with Crippen molar-refractivity contribution >= 4 is 41.6 Å². The van der Waals surface area contributed by atoms with Crippen LogP contribution in [-0.4, -0.2) is 80.7 Å². The monoisotopic (exact) mass is 582 g/mol. The maximum absolute atomic E-state index is 12.7. The molecule has 0 aliphatic carbocycles. The van der Waals surface area contributed by atoms with E-state index in [9.17, 15) is 28.8 Å². The van der Waals surface area contributed by atoms with Gasteiger partial charge in [-0.15, -0.1) is 0 Å². The van der Waals surface area contributed by atoms with Crippen molar-refractivity contribution in [2.24, 2.45) is 0 Å². The molecule has 0 aromatic heterocycles. The molecule has 1 heterocycles. The number of alkyl carbamates (subject to hydrolysis) is 1. The van der Waals surface area contributed by atoms with Crippen molar-refractivity contribution in [3.8, 4) is 5.75 Å². The van der Waals surface area contributed by atoms with E-state index in [-0.39, 0.29) is 30.4 Å². The van der Waals surface area contributed by atoms with E-state index in [4.69, 9.17) is 33.2 Å². The standard InChI is InChI=1S/C26H34N2O13/c1-7-8-19(32)28-17-11-16(12-36-26(34)27-5)9-10-18(17)40-25-23(39-15(4)31)21(38-14(3)30)20(37-13(2)29)22(41-25)24(33)35-6/h9-11,20-23,25H,7-8,12H2,1-6H3,(H,27,34)(H,28,32)/t20-,21-,22-,23+,25+/m1/s1. The molecule has 0 spiro atoms. The fourth-order valence-electron chi connectivity index (χ4n) is 3.83. The fourth-order valence-corrected chi connectivity index (χ4v) is 3.83. The van der Waals surface area contributed by atoms with Crippen molar-refractivity contribution in [1.29, 1.82) is 0 Å². The molecule has 15 nitrogen and oxygen atoms in total. The number of esters is 4. The number of hydrogen-bond acceptors (Lipinski definition) is 13.